The molecule has 1 spiro atoms. The Bertz CT molecular complexity index is 387. The first-order valence-corrected chi connectivity index (χ1v) is 7.98. The molecule has 0 amide bonds. The summed E-state index contributed by atoms with van der Waals surface area (Å²) in [5, 5.41) is 0. The second-order valence-corrected chi connectivity index (χ2v) is 6.78. The summed E-state index contributed by atoms with van der Waals surface area (Å²) in [6, 6.07) is 0.139. The van der Waals surface area contributed by atoms with E-state index in [4.69, 9.17) is 9.47 Å². The van der Waals surface area contributed by atoms with Gasteiger partial charge in [0, 0.05) is 58.3 Å². The quantitative estimate of drug-likeness (QED) is 0.720. The van der Waals surface area contributed by atoms with Crippen molar-refractivity contribution in [3.63, 3.8) is 0 Å². The molecule has 0 aromatic heterocycles. The van der Waals surface area contributed by atoms with E-state index in [9.17, 15) is 4.79 Å². The first kappa shape index (κ1) is 13.2. The van der Waals surface area contributed by atoms with E-state index in [1.165, 1.54) is 0 Å². The Morgan fingerprint density at radius 3 is 2.65 bits per heavy atom. The monoisotopic (exact) mass is 280 g/mol. The maximum Gasteiger partial charge on any atom is 0.154 e. The van der Waals surface area contributed by atoms with E-state index in [2.05, 4.69) is 9.80 Å². The highest BCUT2D eigenvalue weighted by Crippen LogP contribution is 2.37. The molecule has 5 nitrogen and oxygen atoms in total. The van der Waals surface area contributed by atoms with Crippen molar-refractivity contribution in [1.82, 2.24) is 9.80 Å². The van der Waals surface area contributed by atoms with Gasteiger partial charge < -0.3 is 9.47 Å². The first-order valence-electron chi connectivity index (χ1n) is 7.98. The molecule has 0 aliphatic carbocycles. The average molecular weight is 280 g/mol. The standard InChI is InChI=1S/C15H24N2O3/c18-14(13-10-16-3-5-17(13)6-4-16)12-1-7-20-15(9-12)2-8-19-11-15/h12-13H,1-11H2. The normalized spacial score (nSPS) is 47.8. The minimum atomic E-state index is -0.151. The number of carbonyl (C=O) groups is 1. The van der Waals surface area contributed by atoms with Crippen LogP contribution in [0, 0.1) is 5.92 Å². The van der Waals surface area contributed by atoms with Crippen LogP contribution in [0.15, 0.2) is 0 Å². The Balaban J connectivity index is 1.45. The van der Waals surface area contributed by atoms with E-state index in [1.807, 2.05) is 0 Å². The molecule has 5 heteroatoms. The molecule has 5 saturated heterocycles. The number of ether oxygens (including phenoxy) is 2. The highest BCUT2D eigenvalue weighted by Gasteiger charge is 2.46. The van der Waals surface area contributed by atoms with Crippen molar-refractivity contribution in [2.75, 3.05) is 52.5 Å². The van der Waals surface area contributed by atoms with E-state index in [1.54, 1.807) is 0 Å². The molecule has 5 heterocycles. The second kappa shape index (κ2) is 5.05. The van der Waals surface area contributed by atoms with Crippen LogP contribution >= 0.6 is 0 Å². The first-order chi connectivity index (χ1) is 9.76. The predicted octanol–water partition coefficient (Wildman–Crippen LogP) is 0.141. The van der Waals surface area contributed by atoms with Gasteiger partial charge in [0.25, 0.3) is 0 Å². The van der Waals surface area contributed by atoms with E-state index in [0.29, 0.717) is 12.4 Å². The molecule has 3 unspecified atom stereocenters. The van der Waals surface area contributed by atoms with E-state index in [-0.39, 0.29) is 17.6 Å². The summed E-state index contributed by atoms with van der Waals surface area (Å²) in [5.74, 6) is 0.639. The number of carbonyl (C=O) groups excluding carboxylic acids is 1. The molecule has 2 bridgehead atoms. The van der Waals surface area contributed by atoms with Gasteiger partial charge >= 0.3 is 0 Å². The summed E-state index contributed by atoms with van der Waals surface area (Å²) in [6.07, 6.45) is 2.72. The van der Waals surface area contributed by atoms with Crippen LogP contribution in [-0.2, 0) is 14.3 Å². The molecule has 112 valence electrons. The third-order valence-corrected chi connectivity index (χ3v) is 5.57. The summed E-state index contributed by atoms with van der Waals surface area (Å²) in [4.78, 5) is 17.8. The number of rotatable bonds is 2. The Hall–Kier alpha value is -0.490. The SMILES string of the molecule is O=C(C1CCOC2(CCOC2)C1)C1CN2CCN1CC2. The highest BCUT2D eigenvalue weighted by molar-refractivity contribution is 5.87. The zero-order valence-corrected chi connectivity index (χ0v) is 12.1. The van der Waals surface area contributed by atoms with Gasteiger partial charge in [0.1, 0.15) is 0 Å². The molecular formula is C15H24N2O3. The lowest BCUT2D eigenvalue weighted by atomic mass is 9.80. The molecule has 0 radical (unpaired) electrons. The summed E-state index contributed by atoms with van der Waals surface area (Å²) in [5.41, 5.74) is -0.151. The van der Waals surface area contributed by atoms with Gasteiger partial charge in [-0.1, -0.05) is 0 Å². The highest BCUT2D eigenvalue weighted by atomic mass is 16.6. The van der Waals surface area contributed by atoms with Crippen molar-refractivity contribution in [1.29, 1.82) is 0 Å². The Labute approximate surface area is 120 Å². The predicted molar refractivity (Wildman–Crippen MR) is 73.7 cm³/mol. The molecule has 5 fully saturated rings. The third kappa shape index (κ3) is 2.21. The Morgan fingerprint density at radius 1 is 1.15 bits per heavy atom. The Morgan fingerprint density at radius 2 is 2.00 bits per heavy atom. The van der Waals surface area contributed by atoms with Crippen molar-refractivity contribution in [2.24, 2.45) is 5.92 Å². The fraction of sp³-hybridized carbons (Fsp3) is 0.933. The number of Topliss-reactive ketones (excluding diaryl/α,β-unsaturated/α-hetero) is 1. The van der Waals surface area contributed by atoms with Crippen LogP contribution in [-0.4, -0.2) is 79.8 Å². The molecule has 0 aromatic carbocycles. The van der Waals surface area contributed by atoms with Gasteiger partial charge in [0.15, 0.2) is 5.78 Å². The molecule has 0 N–H and O–H groups in total. The van der Waals surface area contributed by atoms with Crippen molar-refractivity contribution in [2.45, 2.75) is 30.9 Å². The van der Waals surface area contributed by atoms with Crippen LogP contribution in [0.25, 0.3) is 0 Å². The fourth-order valence-electron chi connectivity index (χ4n) is 4.29. The van der Waals surface area contributed by atoms with Crippen LogP contribution in [0.2, 0.25) is 0 Å². The van der Waals surface area contributed by atoms with Gasteiger partial charge in [0.2, 0.25) is 0 Å². The molecule has 20 heavy (non-hydrogen) atoms. The summed E-state index contributed by atoms with van der Waals surface area (Å²) in [6.45, 7) is 7.52. The van der Waals surface area contributed by atoms with Gasteiger partial charge in [-0.25, -0.2) is 0 Å². The third-order valence-electron chi connectivity index (χ3n) is 5.57. The van der Waals surface area contributed by atoms with Gasteiger partial charge in [-0.2, -0.15) is 0 Å². The van der Waals surface area contributed by atoms with Gasteiger partial charge in [0.05, 0.1) is 18.2 Å². The van der Waals surface area contributed by atoms with Gasteiger partial charge in [-0.3, -0.25) is 14.6 Å². The van der Waals surface area contributed by atoms with Crippen LogP contribution in [0.3, 0.4) is 0 Å². The maximum absolute atomic E-state index is 12.9. The van der Waals surface area contributed by atoms with Gasteiger partial charge in [-0.15, -0.1) is 0 Å². The summed E-state index contributed by atoms with van der Waals surface area (Å²) >= 11 is 0. The zero-order chi connectivity index (χ0) is 13.6. The molecule has 0 saturated carbocycles. The lowest BCUT2D eigenvalue weighted by molar-refractivity contribution is -0.146. The second-order valence-electron chi connectivity index (χ2n) is 6.78. The lowest BCUT2D eigenvalue weighted by Gasteiger charge is -2.48. The summed E-state index contributed by atoms with van der Waals surface area (Å²) < 4.78 is 11.5. The topological polar surface area (TPSA) is 42.0 Å². The summed E-state index contributed by atoms with van der Waals surface area (Å²) in [7, 11) is 0. The Kier molecular flexibility index (Phi) is 3.33. The molecule has 3 atom stereocenters. The zero-order valence-electron chi connectivity index (χ0n) is 12.1. The molecule has 5 rings (SSSR count). The maximum atomic E-state index is 12.9. The number of fused-ring (bicyclic) bond motifs is 3. The van der Waals surface area contributed by atoms with Crippen molar-refractivity contribution < 1.29 is 14.3 Å². The van der Waals surface area contributed by atoms with Crippen molar-refractivity contribution in [3.05, 3.63) is 0 Å². The van der Waals surface area contributed by atoms with Crippen LogP contribution in [0.1, 0.15) is 19.3 Å². The molecular weight excluding hydrogens is 256 g/mol. The van der Waals surface area contributed by atoms with E-state index in [0.717, 1.165) is 65.2 Å². The fourth-order valence-corrected chi connectivity index (χ4v) is 4.29. The van der Waals surface area contributed by atoms with E-state index < -0.39 is 0 Å². The number of nitrogens with zero attached hydrogens (tertiary/aromatic N) is 2. The number of hydrogen-bond acceptors (Lipinski definition) is 5. The number of hydrogen-bond donors (Lipinski definition) is 0. The van der Waals surface area contributed by atoms with E-state index >= 15 is 0 Å². The van der Waals surface area contributed by atoms with Crippen molar-refractivity contribution in [3.8, 4) is 0 Å². The number of ketones is 1. The molecule has 0 aromatic rings. The largest absolute Gasteiger partial charge is 0.378 e. The minimum Gasteiger partial charge on any atom is -0.378 e. The number of piperazine rings is 3. The lowest BCUT2D eigenvalue weighted by Crippen LogP contribution is -2.64. The van der Waals surface area contributed by atoms with Crippen LogP contribution in [0.5, 0.6) is 0 Å². The smallest absolute Gasteiger partial charge is 0.154 e. The van der Waals surface area contributed by atoms with Gasteiger partial charge in [-0.05, 0) is 12.8 Å². The average Bonchev–Trinajstić information content (AvgIpc) is 2.95. The van der Waals surface area contributed by atoms with Crippen LogP contribution in [0.4, 0.5) is 0 Å². The molecule has 5 aliphatic heterocycles. The van der Waals surface area contributed by atoms with Crippen LogP contribution < -0.4 is 0 Å². The minimum absolute atomic E-state index is 0.139. The molecule has 5 aliphatic rings. The van der Waals surface area contributed by atoms with Crippen molar-refractivity contribution >= 4 is 5.78 Å².